The molecule has 39 heavy (non-hydrogen) atoms. The van der Waals surface area contributed by atoms with Gasteiger partial charge in [0.25, 0.3) is 0 Å². The van der Waals surface area contributed by atoms with Crippen molar-refractivity contribution in [2.75, 3.05) is 0 Å². The lowest BCUT2D eigenvalue weighted by Crippen LogP contribution is -1.96. The molecule has 0 unspecified atom stereocenters. The Hall–Kier alpha value is -4.93. The summed E-state index contributed by atoms with van der Waals surface area (Å²) in [5.74, 6) is 0. The van der Waals surface area contributed by atoms with Crippen LogP contribution in [0, 0.1) is 0 Å². The van der Waals surface area contributed by atoms with Crippen molar-refractivity contribution in [2.24, 2.45) is 0 Å². The van der Waals surface area contributed by atoms with Crippen LogP contribution in [0.25, 0.3) is 76.0 Å². The summed E-state index contributed by atoms with van der Waals surface area (Å²) in [5, 5.41) is 7.53. The second-order valence-electron chi connectivity index (χ2n) is 10.1. The van der Waals surface area contributed by atoms with Crippen LogP contribution in [0.5, 0.6) is 0 Å². The van der Waals surface area contributed by atoms with E-state index in [1.54, 1.807) is 11.3 Å². The third kappa shape index (κ3) is 2.84. The van der Waals surface area contributed by atoms with E-state index in [0.29, 0.717) is 0 Å². The van der Waals surface area contributed by atoms with Gasteiger partial charge in [0.1, 0.15) is 5.52 Å². The van der Waals surface area contributed by atoms with Crippen LogP contribution < -0.4 is 0 Å². The zero-order valence-corrected chi connectivity index (χ0v) is 21.7. The highest BCUT2D eigenvalue weighted by Gasteiger charge is 2.19. The van der Waals surface area contributed by atoms with Crippen LogP contribution in [0.1, 0.15) is 0 Å². The molecule has 182 valence electrons. The molecule has 0 fully saturated rings. The SMILES string of the molecule is c1ccc(-n2c3ccccc3c3cc4ccc5c6ccccc6n(-c6cccc7scnc67)c5c4cc32)cc1. The Labute approximate surface area is 227 Å². The normalized spacial score (nSPS) is 12.1. The van der Waals surface area contributed by atoms with Crippen molar-refractivity contribution in [3.63, 3.8) is 0 Å². The van der Waals surface area contributed by atoms with Crippen LogP contribution in [0.4, 0.5) is 0 Å². The van der Waals surface area contributed by atoms with Gasteiger partial charge in [-0.2, -0.15) is 0 Å². The number of aromatic nitrogens is 3. The van der Waals surface area contributed by atoms with Crippen molar-refractivity contribution in [1.29, 1.82) is 0 Å². The minimum Gasteiger partial charge on any atom is -0.309 e. The Morgan fingerprint density at radius 1 is 0.513 bits per heavy atom. The third-order valence-electron chi connectivity index (χ3n) is 8.04. The Balaban J connectivity index is 1.51. The van der Waals surface area contributed by atoms with E-state index in [2.05, 4.69) is 130 Å². The predicted octanol–water partition coefficient (Wildman–Crippen LogP) is 9.64. The maximum absolute atomic E-state index is 4.79. The first-order valence-electron chi connectivity index (χ1n) is 13.1. The Bertz CT molecular complexity index is 2390. The average Bonchev–Trinajstić information content (AvgIpc) is 3.69. The first-order chi connectivity index (χ1) is 19.4. The molecule has 0 spiro atoms. The molecule has 9 rings (SSSR count). The first kappa shape index (κ1) is 21.1. The monoisotopic (exact) mass is 515 g/mol. The molecule has 9 aromatic rings. The van der Waals surface area contributed by atoms with Gasteiger partial charge in [0.05, 0.1) is 38.0 Å². The fourth-order valence-electron chi connectivity index (χ4n) is 6.40. The molecule has 0 saturated heterocycles. The molecule has 0 radical (unpaired) electrons. The molecule has 0 N–H and O–H groups in total. The summed E-state index contributed by atoms with van der Waals surface area (Å²) in [6, 6.07) is 44.0. The molecule has 0 bridgehead atoms. The van der Waals surface area contributed by atoms with Crippen molar-refractivity contribution >= 4 is 75.9 Å². The molecule has 0 aliphatic rings. The van der Waals surface area contributed by atoms with Gasteiger partial charge in [0.15, 0.2) is 0 Å². The summed E-state index contributed by atoms with van der Waals surface area (Å²) in [7, 11) is 0. The highest BCUT2D eigenvalue weighted by atomic mass is 32.1. The fourth-order valence-corrected chi connectivity index (χ4v) is 7.10. The molecule has 4 heteroatoms. The van der Waals surface area contributed by atoms with Crippen molar-refractivity contribution in [1.82, 2.24) is 14.1 Å². The van der Waals surface area contributed by atoms with Crippen LogP contribution >= 0.6 is 11.3 Å². The summed E-state index contributed by atoms with van der Waals surface area (Å²) in [6.07, 6.45) is 0. The van der Waals surface area contributed by atoms with Crippen LogP contribution in [0.2, 0.25) is 0 Å². The lowest BCUT2D eigenvalue weighted by molar-refractivity contribution is 1.18. The fraction of sp³-hybridized carbons (Fsp3) is 0. The number of thiazole rings is 1. The van der Waals surface area contributed by atoms with Crippen LogP contribution in [-0.4, -0.2) is 14.1 Å². The summed E-state index contributed by atoms with van der Waals surface area (Å²) >= 11 is 1.69. The molecule has 3 heterocycles. The first-order valence-corrected chi connectivity index (χ1v) is 14.0. The molecule has 0 amide bonds. The van der Waals surface area contributed by atoms with Gasteiger partial charge in [0.2, 0.25) is 0 Å². The van der Waals surface area contributed by atoms with Crippen molar-refractivity contribution in [3.05, 3.63) is 127 Å². The van der Waals surface area contributed by atoms with Crippen LogP contribution in [-0.2, 0) is 0 Å². The lowest BCUT2D eigenvalue weighted by Gasteiger charge is -2.12. The number of benzene rings is 6. The number of fused-ring (bicyclic) bond motifs is 9. The molecule has 0 aliphatic carbocycles. The molecule has 3 aromatic heterocycles. The van der Waals surface area contributed by atoms with E-state index in [0.717, 1.165) is 11.2 Å². The van der Waals surface area contributed by atoms with Gasteiger partial charge in [-0.05, 0) is 53.9 Å². The molecule has 3 nitrogen and oxygen atoms in total. The van der Waals surface area contributed by atoms with E-state index in [4.69, 9.17) is 4.98 Å². The highest BCUT2D eigenvalue weighted by molar-refractivity contribution is 7.16. The molecule has 0 aliphatic heterocycles. The van der Waals surface area contributed by atoms with E-state index in [1.165, 1.54) is 64.8 Å². The lowest BCUT2D eigenvalue weighted by atomic mass is 10.0. The zero-order chi connectivity index (χ0) is 25.5. The van der Waals surface area contributed by atoms with Gasteiger partial charge >= 0.3 is 0 Å². The van der Waals surface area contributed by atoms with Crippen LogP contribution in [0.3, 0.4) is 0 Å². The minimum atomic E-state index is 1.04. The van der Waals surface area contributed by atoms with E-state index >= 15 is 0 Å². The summed E-state index contributed by atoms with van der Waals surface area (Å²) < 4.78 is 6.03. The largest absolute Gasteiger partial charge is 0.309 e. The number of hydrogen-bond acceptors (Lipinski definition) is 2. The van der Waals surface area contributed by atoms with E-state index < -0.39 is 0 Å². The average molecular weight is 516 g/mol. The van der Waals surface area contributed by atoms with Gasteiger partial charge < -0.3 is 9.13 Å². The maximum atomic E-state index is 4.79. The minimum absolute atomic E-state index is 1.04. The molecule has 0 saturated carbocycles. The second kappa shape index (κ2) is 7.79. The molecule has 6 aromatic carbocycles. The molecular formula is C35H21N3S. The molecule has 0 atom stereocenters. The standard InChI is InChI=1S/C35H21N3S/c1-2-9-23(10-3-1)37-29-13-6-5-12-25(29)28-19-22-17-18-26-24-11-4-7-14-30(24)38(35(26)27(22)20-32(28)37)31-15-8-16-33-34(31)36-21-39-33/h1-21H. The number of hydrogen-bond donors (Lipinski definition) is 0. The van der Waals surface area contributed by atoms with E-state index in [1.807, 2.05) is 5.51 Å². The van der Waals surface area contributed by atoms with Gasteiger partial charge in [-0.15, -0.1) is 11.3 Å². The van der Waals surface area contributed by atoms with Gasteiger partial charge in [-0.25, -0.2) is 4.98 Å². The second-order valence-corrected chi connectivity index (χ2v) is 11.0. The summed E-state index contributed by atoms with van der Waals surface area (Å²) in [5.41, 5.74) is 10.1. The summed E-state index contributed by atoms with van der Waals surface area (Å²) in [6.45, 7) is 0. The van der Waals surface area contributed by atoms with Crippen molar-refractivity contribution in [3.8, 4) is 11.4 Å². The van der Waals surface area contributed by atoms with Gasteiger partial charge in [0, 0.05) is 32.6 Å². The number of rotatable bonds is 2. The number of nitrogens with zero attached hydrogens (tertiary/aromatic N) is 3. The van der Waals surface area contributed by atoms with Crippen molar-refractivity contribution in [2.45, 2.75) is 0 Å². The Morgan fingerprint density at radius 3 is 2.10 bits per heavy atom. The topological polar surface area (TPSA) is 22.8 Å². The van der Waals surface area contributed by atoms with E-state index in [-0.39, 0.29) is 0 Å². The van der Waals surface area contributed by atoms with Crippen LogP contribution in [0.15, 0.2) is 127 Å². The van der Waals surface area contributed by atoms with E-state index in [9.17, 15) is 0 Å². The Morgan fingerprint density at radius 2 is 1.26 bits per heavy atom. The summed E-state index contributed by atoms with van der Waals surface area (Å²) in [4.78, 5) is 4.79. The zero-order valence-electron chi connectivity index (χ0n) is 20.9. The molecular weight excluding hydrogens is 494 g/mol. The van der Waals surface area contributed by atoms with Crippen molar-refractivity contribution < 1.29 is 0 Å². The Kier molecular flexibility index (Phi) is 4.21. The quantitative estimate of drug-likeness (QED) is 0.225. The number of para-hydroxylation sites is 4. The third-order valence-corrected chi connectivity index (χ3v) is 8.83. The smallest absolute Gasteiger partial charge is 0.105 e. The maximum Gasteiger partial charge on any atom is 0.105 e. The van der Waals surface area contributed by atoms with Gasteiger partial charge in [-0.1, -0.05) is 72.8 Å². The van der Waals surface area contributed by atoms with Gasteiger partial charge in [-0.3, -0.25) is 0 Å². The predicted molar refractivity (Wildman–Crippen MR) is 166 cm³/mol. The highest BCUT2D eigenvalue weighted by Crippen LogP contribution is 2.41.